The van der Waals surface area contributed by atoms with Crippen molar-refractivity contribution in [2.45, 2.75) is 19.6 Å². The first-order valence-corrected chi connectivity index (χ1v) is 8.37. The number of nitrogens with zero attached hydrogens (tertiary/aromatic N) is 2. The Labute approximate surface area is 152 Å². The van der Waals surface area contributed by atoms with Gasteiger partial charge in [0.25, 0.3) is 5.91 Å². The number of carbonyl (C=O) groups excluding carboxylic acids is 1. The first-order valence-electron chi connectivity index (χ1n) is 8.37. The predicted octanol–water partition coefficient (Wildman–Crippen LogP) is 2.76. The molecule has 6 nitrogen and oxygen atoms in total. The zero-order chi connectivity index (χ0) is 18.5. The zero-order valence-electron chi connectivity index (χ0n) is 14.8. The summed E-state index contributed by atoms with van der Waals surface area (Å²) in [5.41, 5.74) is 1.44. The molecule has 0 fully saturated rings. The van der Waals surface area contributed by atoms with Crippen molar-refractivity contribution in [1.29, 1.82) is 5.26 Å². The Kier molecular flexibility index (Phi) is 5.28. The molecule has 1 aliphatic rings. The summed E-state index contributed by atoms with van der Waals surface area (Å²) >= 11 is 0. The van der Waals surface area contributed by atoms with Gasteiger partial charge in [0.05, 0.1) is 11.6 Å². The second kappa shape index (κ2) is 7.79. The Balaban J connectivity index is 1.62. The molecule has 0 aliphatic carbocycles. The van der Waals surface area contributed by atoms with E-state index in [0.717, 1.165) is 11.3 Å². The molecular weight excluding hydrogens is 332 g/mol. The van der Waals surface area contributed by atoms with Crippen molar-refractivity contribution in [2.24, 2.45) is 0 Å². The highest BCUT2D eigenvalue weighted by molar-refractivity contribution is 5.80. The molecule has 1 heterocycles. The largest absolute Gasteiger partial charge is 0.486 e. The summed E-state index contributed by atoms with van der Waals surface area (Å²) in [6.45, 7) is 3.20. The van der Waals surface area contributed by atoms with E-state index in [1.54, 1.807) is 43.1 Å². The Morgan fingerprint density at radius 2 is 2.00 bits per heavy atom. The van der Waals surface area contributed by atoms with Gasteiger partial charge < -0.3 is 19.1 Å². The minimum absolute atomic E-state index is 0.151. The molecule has 134 valence electrons. The molecule has 1 atom stereocenters. The fraction of sp³-hybridized carbons (Fsp3) is 0.300. The minimum atomic E-state index is -0.661. The molecule has 0 radical (unpaired) electrons. The summed E-state index contributed by atoms with van der Waals surface area (Å²) in [5, 5.41) is 8.94. The SMILES string of the molecule is CC(Oc1cccc(C#N)c1)C(=O)N(C)Cc1ccc2c(c1)OCCO2. The monoisotopic (exact) mass is 352 g/mol. The Morgan fingerprint density at radius 3 is 2.77 bits per heavy atom. The summed E-state index contributed by atoms with van der Waals surface area (Å²) in [5.74, 6) is 1.77. The van der Waals surface area contributed by atoms with Crippen LogP contribution in [0.5, 0.6) is 17.2 Å². The average Bonchev–Trinajstić information content (AvgIpc) is 2.67. The van der Waals surface area contributed by atoms with Crippen molar-refractivity contribution in [2.75, 3.05) is 20.3 Å². The highest BCUT2D eigenvalue weighted by Gasteiger charge is 2.20. The quantitative estimate of drug-likeness (QED) is 0.827. The van der Waals surface area contributed by atoms with Crippen LogP contribution in [0.25, 0.3) is 0 Å². The number of hydrogen-bond acceptors (Lipinski definition) is 5. The lowest BCUT2D eigenvalue weighted by Gasteiger charge is -2.23. The van der Waals surface area contributed by atoms with Crippen LogP contribution in [0.2, 0.25) is 0 Å². The molecule has 26 heavy (non-hydrogen) atoms. The molecule has 0 aromatic heterocycles. The Bertz CT molecular complexity index is 844. The summed E-state index contributed by atoms with van der Waals surface area (Å²) in [7, 11) is 1.73. The molecule has 0 spiro atoms. The van der Waals surface area contributed by atoms with Crippen LogP contribution in [0.1, 0.15) is 18.1 Å². The summed E-state index contributed by atoms with van der Waals surface area (Å²) in [4.78, 5) is 14.2. The van der Waals surface area contributed by atoms with Crippen molar-refractivity contribution >= 4 is 5.91 Å². The molecule has 3 rings (SSSR count). The van der Waals surface area contributed by atoms with Gasteiger partial charge in [0, 0.05) is 13.6 Å². The van der Waals surface area contributed by atoms with Gasteiger partial charge in [0.15, 0.2) is 17.6 Å². The third-order valence-corrected chi connectivity index (χ3v) is 4.03. The maximum atomic E-state index is 12.6. The maximum absolute atomic E-state index is 12.6. The molecule has 0 N–H and O–H groups in total. The van der Waals surface area contributed by atoms with Crippen molar-refractivity contribution in [3.05, 3.63) is 53.6 Å². The normalized spacial score (nSPS) is 13.4. The van der Waals surface area contributed by atoms with Crippen LogP contribution in [-0.4, -0.2) is 37.2 Å². The second-order valence-electron chi connectivity index (χ2n) is 6.07. The number of likely N-dealkylation sites (N-methyl/N-ethyl adjacent to an activating group) is 1. The van der Waals surface area contributed by atoms with Crippen LogP contribution in [0.3, 0.4) is 0 Å². The number of amides is 1. The van der Waals surface area contributed by atoms with Crippen LogP contribution < -0.4 is 14.2 Å². The third kappa shape index (κ3) is 4.06. The van der Waals surface area contributed by atoms with E-state index in [4.69, 9.17) is 19.5 Å². The highest BCUT2D eigenvalue weighted by atomic mass is 16.6. The molecule has 1 unspecified atom stereocenters. The Morgan fingerprint density at radius 1 is 1.23 bits per heavy atom. The smallest absolute Gasteiger partial charge is 0.263 e. The molecule has 2 aromatic rings. The molecule has 1 amide bonds. The maximum Gasteiger partial charge on any atom is 0.263 e. The molecule has 0 bridgehead atoms. The van der Waals surface area contributed by atoms with Crippen molar-refractivity contribution in [3.63, 3.8) is 0 Å². The van der Waals surface area contributed by atoms with E-state index < -0.39 is 6.10 Å². The van der Waals surface area contributed by atoms with Gasteiger partial charge in [0.2, 0.25) is 0 Å². The van der Waals surface area contributed by atoms with E-state index in [-0.39, 0.29) is 5.91 Å². The fourth-order valence-corrected chi connectivity index (χ4v) is 2.74. The van der Waals surface area contributed by atoms with E-state index >= 15 is 0 Å². The standard InChI is InChI=1S/C20H20N2O4/c1-14(26-17-5-3-4-15(10-17)12-21)20(23)22(2)13-16-6-7-18-19(11-16)25-9-8-24-18/h3-7,10-11,14H,8-9,13H2,1-2H3. The highest BCUT2D eigenvalue weighted by Crippen LogP contribution is 2.31. The summed E-state index contributed by atoms with van der Waals surface area (Å²) in [6.07, 6.45) is -0.661. The molecule has 6 heteroatoms. The zero-order valence-corrected chi connectivity index (χ0v) is 14.8. The molecule has 1 aliphatic heterocycles. The van der Waals surface area contributed by atoms with Gasteiger partial charge in [-0.15, -0.1) is 0 Å². The van der Waals surface area contributed by atoms with Crippen LogP contribution >= 0.6 is 0 Å². The topological polar surface area (TPSA) is 71.8 Å². The van der Waals surface area contributed by atoms with E-state index in [1.165, 1.54) is 0 Å². The van der Waals surface area contributed by atoms with Gasteiger partial charge in [-0.3, -0.25) is 4.79 Å². The van der Waals surface area contributed by atoms with E-state index in [1.807, 2.05) is 18.2 Å². The first kappa shape index (κ1) is 17.6. The number of rotatable bonds is 5. The molecule has 2 aromatic carbocycles. The number of carbonyl (C=O) groups is 1. The van der Waals surface area contributed by atoms with E-state index in [0.29, 0.717) is 36.8 Å². The fourth-order valence-electron chi connectivity index (χ4n) is 2.74. The lowest BCUT2D eigenvalue weighted by atomic mass is 10.1. The lowest BCUT2D eigenvalue weighted by Crippen LogP contribution is -2.37. The van der Waals surface area contributed by atoms with Crippen LogP contribution in [-0.2, 0) is 11.3 Å². The number of hydrogen-bond donors (Lipinski definition) is 0. The third-order valence-electron chi connectivity index (χ3n) is 4.03. The van der Waals surface area contributed by atoms with Crippen molar-refractivity contribution in [3.8, 4) is 23.3 Å². The van der Waals surface area contributed by atoms with Crippen LogP contribution in [0.15, 0.2) is 42.5 Å². The Hall–Kier alpha value is -3.20. The average molecular weight is 352 g/mol. The van der Waals surface area contributed by atoms with Crippen molar-refractivity contribution in [1.82, 2.24) is 4.90 Å². The predicted molar refractivity (Wildman–Crippen MR) is 95.2 cm³/mol. The first-order chi connectivity index (χ1) is 12.6. The van der Waals surface area contributed by atoms with E-state index in [9.17, 15) is 4.79 Å². The molecule has 0 saturated heterocycles. The van der Waals surface area contributed by atoms with Gasteiger partial charge >= 0.3 is 0 Å². The van der Waals surface area contributed by atoms with Crippen LogP contribution in [0, 0.1) is 11.3 Å². The van der Waals surface area contributed by atoms with Gasteiger partial charge in [-0.25, -0.2) is 0 Å². The van der Waals surface area contributed by atoms with Crippen molar-refractivity contribution < 1.29 is 19.0 Å². The minimum Gasteiger partial charge on any atom is -0.486 e. The number of fused-ring (bicyclic) bond motifs is 1. The lowest BCUT2D eigenvalue weighted by molar-refractivity contribution is -0.137. The summed E-state index contributed by atoms with van der Waals surface area (Å²) in [6, 6.07) is 14.5. The number of nitriles is 1. The molecule has 0 saturated carbocycles. The van der Waals surface area contributed by atoms with Crippen LogP contribution in [0.4, 0.5) is 0 Å². The van der Waals surface area contributed by atoms with Gasteiger partial charge in [0.1, 0.15) is 19.0 Å². The van der Waals surface area contributed by atoms with Gasteiger partial charge in [-0.1, -0.05) is 12.1 Å². The molecular formula is C20H20N2O4. The number of ether oxygens (including phenoxy) is 3. The summed E-state index contributed by atoms with van der Waals surface area (Å²) < 4.78 is 16.8. The van der Waals surface area contributed by atoms with E-state index in [2.05, 4.69) is 6.07 Å². The number of benzene rings is 2. The van der Waals surface area contributed by atoms with Gasteiger partial charge in [-0.2, -0.15) is 5.26 Å². The second-order valence-corrected chi connectivity index (χ2v) is 6.07. The van der Waals surface area contributed by atoms with Gasteiger partial charge in [-0.05, 0) is 42.8 Å².